The average Bonchev–Trinajstić information content (AvgIpc) is 3.08. The van der Waals surface area contributed by atoms with Crippen LogP contribution < -0.4 is 5.32 Å². The van der Waals surface area contributed by atoms with Crippen LogP contribution >= 0.6 is 11.3 Å². The molecule has 1 aliphatic rings. The lowest BCUT2D eigenvalue weighted by atomic mass is 9.85. The number of thiophene rings is 1. The molecule has 0 bridgehead atoms. The minimum atomic E-state index is -3.54. The molecule has 0 radical (unpaired) electrons. The van der Waals surface area contributed by atoms with Crippen LogP contribution in [0, 0.1) is 12.8 Å². The number of hydrogen-bond acceptors (Lipinski definition) is 4. The molecule has 0 spiro atoms. The molecule has 1 aliphatic heterocycles. The van der Waals surface area contributed by atoms with Crippen molar-refractivity contribution >= 4 is 33.0 Å². The highest BCUT2D eigenvalue weighted by molar-refractivity contribution is 7.91. The minimum absolute atomic E-state index is 0.0944. The first-order chi connectivity index (χ1) is 13.1. The van der Waals surface area contributed by atoms with Crippen molar-refractivity contribution in [3.05, 3.63) is 46.8 Å². The molecule has 2 heterocycles. The van der Waals surface area contributed by atoms with Crippen molar-refractivity contribution < 1.29 is 13.2 Å². The van der Waals surface area contributed by atoms with Crippen LogP contribution in [0.2, 0.25) is 0 Å². The molecule has 3 rings (SSSR count). The zero-order valence-electron chi connectivity index (χ0n) is 16.9. The maximum atomic E-state index is 12.9. The molecule has 2 aromatic rings. The van der Waals surface area contributed by atoms with Gasteiger partial charge in [-0.15, -0.1) is 11.3 Å². The number of para-hydroxylation sites is 1. The molecule has 0 aliphatic carbocycles. The highest BCUT2D eigenvalue weighted by Gasteiger charge is 2.34. The first kappa shape index (κ1) is 21.0. The topological polar surface area (TPSA) is 66.5 Å². The van der Waals surface area contributed by atoms with Gasteiger partial charge in [0.2, 0.25) is 5.91 Å². The minimum Gasteiger partial charge on any atom is -0.326 e. The van der Waals surface area contributed by atoms with Crippen molar-refractivity contribution in [2.24, 2.45) is 5.92 Å². The number of anilines is 1. The summed E-state index contributed by atoms with van der Waals surface area (Å²) in [5, 5.41) is 3.04. The molecule has 5 nitrogen and oxygen atoms in total. The molecular weight excluding hydrogens is 392 g/mol. The van der Waals surface area contributed by atoms with Crippen LogP contribution in [-0.4, -0.2) is 31.7 Å². The summed E-state index contributed by atoms with van der Waals surface area (Å²) < 4.78 is 27.6. The quantitative estimate of drug-likeness (QED) is 0.797. The summed E-state index contributed by atoms with van der Waals surface area (Å²) in [5.41, 5.74) is 1.77. The number of aryl methyl sites for hydroxylation is 1. The fourth-order valence-electron chi connectivity index (χ4n) is 3.53. The molecule has 1 aromatic carbocycles. The number of carbonyl (C=O) groups is 1. The van der Waals surface area contributed by atoms with Crippen molar-refractivity contribution in [1.82, 2.24) is 4.31 Å². The Morgan fingerprint density at radius 1 is 1.18 bits per heavy atom. The van der Waals surface area contributed by atoms with Crippen molar-refractivity contribution in [3.63, 3.8) is 0 Å². The number of piperidine rings is 1. The fraction of sp³-hybridized carbons (Fsp3) is 0.476. The number of hydrogen-bond donors (Lipinski definition) is 1. The molecule has 1 atom stereocenters. The molecule has 1 saturated heterocycles. The predicted molar refractivity (Wildman–Crippen MR) is 114 cm³/mol. The van der Waals surface area contributed by atoms with Crippen molar-refractivity contribution in [2.75, 3.05) is 18.4 Å². The van der Waals surface area contributed by atoms with Gasteiger partial charge in [0.15, 0.2) is 0 Å². The zero-order valence-corrected chi connectivity index (χ0v) is 18.5. The summed E-state index contributed by atoms with van der Waals surface area (Å²) >= 11 is 1.28. The maximum absolute atomic E-state index is 12.9. The summed E-state index contributed by atoms with van der Waals surface area (Å²) in [4.78, 5) is 13.9. The lowest BCUT2D eigenvalue weighted by Crippen LogP contribution is -2.43. The van der Waals surface area contributed by atoms with Crippen LogP contribution in [-0.2, 0) is 20.2 Å². The third-order valence-electron chi connectivity index (χ3n) is 5.06. The zero-order chi connectivity index (χ0) is 20.5. The number of nitrogens with one attached hydrogen (secondary N) is 1. The van der Waals surface area contributed by atoms with E-state index in [0.717, 1.165) is 16.1 Å². The molecule has 1 unspecified atom stereocenters. The Morgan fingerprint density at radius 2 is 1.89 bits per heavy atom. The monoisotopic (exact) mass is 420 g/mol. The average molecular weight is 421 g/mol. The molecule has 1 aromatic heterocycles. The smallest absolute Gasteiger partial charge is 0.252 e. The van der Waals surface area contributed by atoms with Gasteiger partial charge in [0, 0.05) is 23.7 Å². The van der Waals surface area contributed by atoms with Gasteiger partial charge in [-0.3, -0.25) is 4.79 Å². The Bertz CT molecular complexity index is 958. The number of amides is 1. The summed E-state index contributed by atoms with van der Waals surface area (Å²) in [6, 6.07) is 11.3. The van der Waals surface area contributed by atoms with Gasteiger partial charge in [0.1, 0.15) is 4.21 Å². The largest absolute Gasteiger partial charge is 0.326 e. The van der Waals surface area contributed by atoms with Gasteiger partial charge in [0.05, 0.1) is 5.92 Å². The lowest BCUT2D eigenvalue weighted by Gasteiger charge is -2.31. The predicted octanol–water partition coefficient (Wildman–Crippen LogP) is 4.39. The second-order valence-electron chi connectivity index (χ2n) is 8.35. The molecule has 1 amide bonds. The summed E-state index contributed by atoms with van der Waals surface area (Å²) in [5.74, 6) is -0.462. The van der Waals surface area contributed by atoms with Gasteiger partial charge in [-0.05, 0) is 48.9 Å². The van der Waals surface area contributed by atoms with E-state index in [2.05, 4.69) is 26.1 Å². The summed E-state index contributed by atoms with van der Waals surface area (Å²) in [6.07, 6.45) is 1.38. The molecule has 0 saturated carbocycles. The van der Waals surface area contributed by atoms with E-state index in [1.807, 2.05) is 37.3 Å². The number of rotatable bonds is 4. The summed E-state index contributed by atoms with van der Waals surface area (Å²) in [6.45, 7) is 8.90. The number of nitrogens with zero attached hydrogens (tertiary/aromatic N) is 1. The maximum Gasteiger partial charge on any atom is 0.252 e. The van der Waals surface area contributed by atoms with Crippen LogP contribution in [0.3, 0.4) is 0 Å². The van der Waals surface area contributed by atoms with E-state index in [1.165, 1.54) is 15.6 Å². The normalized spacial score (nSPS) is 18.8. The lowest BCUT2D eigenvalue weighted by molar-refractivity contribution is -0.120. The molecular formula is C21H28N2O3S2. The molecule has 1 N–H and O–H groups in total. The van der Waals surface area contributed by atoms with Gasteiger partial charge >= 0.3 is 0 Å². The molecule has 152 valence electrons. The first-order valence-electron chi connectivity index (χ1n) is 9.56. The Labute approximate surface area is 171 Å². The van der Waals surface area contributed by atoms with Gasteiger partial charge in [0.25, 0.3) is 10.0 Å². The SMILES string of the molecule is Cc1ccc(S(=O)(=O)N2CCCC(C(=O)Nc3ccccc3C(C)(C)C)C2)s1. The molecule has 7 heteroatoms. The van der Waals surface area contributed by atoms with Crippen molar-refractivity contribution in [3.8, 4) is 0 Å². The summed E-state index contributed by atoms with van der Waals surface area (Å²) in [7, 11) is -3.54. The van der Waals surface area contributed by atoms with E-state index in [9.17, 15) is 13.2 Å². The van der Waals surface area contributed by atoms with Gasteiger partial charge in [-0.2, -0.15) is 4.31 Å². The van der Waals surface area contributed by atoms with Crippen molar-refractivity contribution in [2.45, 2.75) is 50.2 Å². The standard InChI is InChI=1S/C21H28N2O3S2/c1-15-11-12-19(27-15)28(25,26)23-13-7-8-16(14-23)20(24)22-18-10-6-5-9-17(18)21(2,3)4/h5-6,9-12,16H,7-8,13-14H2,1-4H3,(H,22,24). The Kier molecular flexibility index (Phi) is 5.98. The first-order valence-corrected chi connectivity index (χ1v) is 11.8. The van der Waals surface area contributed by atoms with Gasteiger partial charge < -0.3 is 5.32 Å². The van der Waals surface area contributed by atoms with Crippen LogP contribution in [0.15, 0.2) is 40.6 Å². The Balaban J connectivity index is 1.76. The number of carbonyl (C=O) groups excluding carboxylic acids is 1. The highest BCUT2D eigenvalue weighted by Crippen LogP contribution is 2.31. The van der Waals surface area contributed by atoms with Gasteiger partial charge in [-0.25, -0.2) is 8.42 Å². The van der Waals surface area contributed by atoms with Crippen LogP contribution in [0.5, 0.6) is 0 Å². The second kappa shape index (κ2) is 7.97. The fourth-order valence-corrected chi connectivity index (χ4v) is 6.50. The van der Waals surface area contributed by atoms with E-state index in [-0.39, 0.29) is 23.8 Å². The van der Waals surface area contributed by atoms with Crippen molar-refractivity contribution in [1.29, 1.82) is 0 Å². The van der Waals surface area contributed by atoms with E-state index in [4.69, 9.17) is 0 Å². The van der Waals surface area contributed by atoms with Crippen LogP contribution in [0.25, 0.3) is 0 Å². The third-order valence-corrected chi connectivity index (χ3v) is 8.39. The Hall–Kier alpha value is -1.70. The second-order valence-corrected chi connectivity index (χ2v) is 11.8. The molecule has 28 heavy (non-hydrogen) atoms. The van der Waals surface area contributed by atoms with Gasteiger partial charge in [-0.1, -0.05) is 39.0 Å². The highest BCUT2D eigenvalue weighted by atomic mass is 32.2. The third kappa shape index (κ3) is 4.47. The van der Waals surface area contributed by atoms with Crippen LogP contribution in [0.4, 0.5) is 5.69 Å². The van der Waals surface area contributed by atoms with Crippen LogP contribution in [0.1, 0.15) is 44.1 Å². The number of sulfonamides is 1. The van der Waals surface area contributed by atoms with E-state index in [1.54, 1.807) is 6.07 Å². The van der Waals surface area contributed by atoms with E-state index < -0.39 is 10.0 Å². The molecule has 1 fully saturated rings. The van der Waals surface area contributed by atoms with E-state index >= 15 is 0 Å². The van der Waals surface area contributed by atoms with E-state index in [0.29, 0.717) is 23.6 Å². The Morgan fingerprint density at radius 3 is 2.54 bits per heavy atom. The number of benzene rings is 1.